The molecule has 31 heavy (non-hydrogen) atoms. The van der Waals surface area contributed by atoms with E-state index in [1.54, 1.807) is 21.6 Å². The van der Waals surface area contributed by atoms with Crippen LogP contribution < -0.4 is 5.32 Å². The number of esters is 1. The van der Waals surface area contributed by atoms with Crippen LogP contribution in [0, 0.1) is 5.41 Å². The second-order valence-corrected chi connectivity index (χ2v) is 10.3. The predicted molar refractivity (Wildman–Crippen MR) is 123 cm³/mol. The number of hydrogen-bond acceptors (Lipinski definition) is 7. The molecule has 1 aliphatic rings. The first-order chi connectivity index (χ1) is 15.0. The summed E-state index contributed by atoms with van der Waals surface area (Å²) in [6, 6.07) is 9.47. The van der Waals surface area contributed by atoms with E-state index in [0.29, 0.717) is 24.7 Å². The maximum absolute atomic E-state index is 11.9. The number of alkyl carbamates (subject to hydrolysis) is 1. The van der Waals surface area contributed by atoms with Gasteiger partial charge in [-0.1, -0.05) is 71.2 Å². The van der Waals surface area contributed by atoms with Crippen molar-refractivity contribution in [3.05, 3.63) is 35.9 Å². The van der Waals surface area contributed by atoms with E-state index in [1.165, 1.54) is 0 Å². The lowest BCUT2D eigenvalue weighted by atomic mass is 9.72. The van der Waals surface area contributed by atoms with E-state index in [4.69, 9.17) is 9.47 Å². The number of ether oxygens (including phenoxy) is 2. The van der Waals surface area contributed by atoms with E-state index in [1.807, 2.05) is 30.3 Å². The molecule has 1 aromatic rings. The zero-order valence-electron chi connectivity index (χ0n) is 17.7. The molecular formula is C22H31NO6S2. The third-order valence-corrected chi connectivity index (χ3v) is 7.49. The molecule has 172 valence electrons. The third kappa shape index (κ3) is 10.8. The van der Waals surface area contributed by atoms with Gasteiger partial charge in [-0.2, -0.15) is 0 Å². The molecule has 1 fully saturated rings. The van der Waals surface area contributed by atoms with Crippen molar-refractivity contribution in [1.82, 2.24) is 5.32 Å². The van der Waals surface area contributed by atoms with E-state index < -0.39 is 12.1 Å². The second kappa shape index (κ2) is 14.2. The first-order valence-corrected chi connectivity index (χ1v) is 13.0. The van der Waals surface area contributed by atoms with Crippen LogP contribution in [-0.2, 0) is 25.5 Å². The molecule has 1 aliphatic carbocycles. The number of carbonyl (C=O) groups excluding carboxylic acids is 2. The van der Waals surface area contributed by atoms with E-state index in [-0.39, 0.29) is 30.8 Å². The van der Waals surface area contributed by atoms with E-state index in [2.05, 4.69) is 5.32 Å². The zero-order valence-corrected chi connectivity index (χ0v) is 19.3. The van der Waals surface area contributed by atoms with Gasteiger partial charge in [0.15, 0.2) is 0 Å². The summed E-state index contributed by atoms with van der Waals surface area (Å²) >= 11 is 0. The van der Waals surface area contributed by atoms with Gasteiger partial charge in [0, 0.05) is 18.1 Å². The summed E-state index contributed by atoms with van der Waals surface area (Å²) in [4.78, 5) is 34.8. The van der Waals surface area contributed by atoms with Crippen molar-refractivity contribution in [2.75, 3.05) is 31.3 Å². The highest BCUT2D eigenvalue weighted by Crippen LogP contribution is 2.38. The Labute approximate surface area is 191 Å². The Balaban J connectivity index is 1.48. The van der Waals surface area contributed by atoms with Crippen molar-refractivity contribution in [3.8, 4) is 0 Å². The van der Waals surface area contributed by atoms with E-state index >= 15 is 0 Å². The van der Waals surface area contributed by atoms with Gasteiger partial charge in [0.05, 0.1) is 12.8 Å². The zero-order chi connectivity index (χ0) is 22.4. The fraction of sp³-hybridized carbons (Fsp3) is 0.591. The molecule has 0 unspecified atom stereocenters. The Morgan fingerprint density at radius 2 is 1.61 bits per heavy atom. The summed E-state index contributed by atoms with van der Waals surface area (Å²) < 4.78 is 10.4. The van der Waals surface area contributed by atoms with E-state index in [9.17, 15) is 19.5 Å². The summed E-state index contributed by atoms with van der Waals surface area (Å²) in [7, 11) is 3.11. The van der Waals surface area contributed by atoms with Crippen molar-refractivity contribution in [1.29, 1.82) is 0 Å². The van der Waals surface area contributed by atoms with Crippen LogP contribution in [0.5, 0.6) is 0 Å². The van der Waals surface area contributed by atoms with Gasteiger partial charge in [-0.3, -0.25) is 9.59 Å². The highest BCUT2D eigenvalue weighted by Gasteiger charge is 2.34. The molecule has 1 saturated carbocycles. The quantitative estimate of drug-likeness (QED) is 0.250. The monoisotopic (exact) mass is 469 g/mol. The Hall–Kier alpha value is -1.87. The number of amides is 1. The second-order valence-electron chi connectivity index (χ2n) is 7.65. The fourth-order valence-electron chi connectivity index (χ4n) is 3.64. The largest absolute Gasteiger partial charge is 0.481 e. The predicted octanol–water partition coefficient (Wildman–Crippen LogP) is 4.31. The molecule has 0 heterocycles. The van der Waals surface area contributed by atoms with Crippen molar-refractivity contribution in [3.63, 3.8) is 0 Å². The Morgan fingerprint density at radius 3 is 2.26 bits per heavy atom. The lowest BCUT2D eigenvalue weighted by Gasteiger charge is -2.36. The van der Waals surface area contributed by atoms with Gasteiger partial charge < -0.3 is 19.9 Å². The highest BCUT2D eigenvalue weighted by molar-refractivity contribution is 8.76. The van der Waals surface area contributed by atoms with Gasteiger partial charge in [-0.05, 0) is 23.8 Å². The molecule has 0 atom stereocenters. The van der Waals surface area contributed by atoms with Crippen LogP contribution in [0.1, 0.15) is 44.1 Å². The molecule has 2 N–H and O–H groups in total. The van der Waals surface area contributed by atoms with E-state index in [0.717, 1.165) is 37.7 Å². The fourth-order valence-corrected chi connectivity index (χ4v) is 5.29. The highest BCUT2D eigenvalue weighted by atomic mass is 33.1. The van der Waals surface area contributed by atoms with Crippen molar-refractivity contribution >= 4 is 39.6 Å². The van der Waals surface area contributed by atoms with Gasteiger partial charge in [0.1, 0.15) is 13.2 Å². The standard InChI is InChI=1S/C22H31NO6S2/c24-19(25)16-22(9-5-2-6-10-22)17-23-21(27)29-12-14-31-30-13-11-28-20(26)15-18-7-3-1-4-8-18/h1,3-4,7-8H,2,5-6,9-17H2,(H,23,27)(H,24,25). The molecule has 0 aliphatic heterocycles. The molecule has 0 saturated heterocycles. The SMILES string of the molecule is O=C(O)CC1(CNC(=O)OCCSSCCOC(=O)Cc2ccccc2)CCCCC1. The first kappa shape index (κ1) is 25.4. The number of carboxylic acids is 1. The molecule has 7 nitrogen and oxygen atoms in total. The number of benzene rings is 1. The van der Waals surface area contributed by atoms with Gasteiger partial charge in [-0.25, -0.2) is 4.79 Å². The molecule has 0 bridgehead atoms. The minimum Gasteiger partial charge on any atom is -0.481 e. The molecule has 9 heteroatoms. The smallest absolute Gasteiger partial charge is 0.407 e. The van der Waals surface area contributed by atoms with Crippen LogP contribution >= 0.6 is 21.6 Å². The van der Waals surface area contributed by atoms with Crippen LogP contribution in [0.3, 0.4) is 0 Å². The van der Waals surface area contributed by atoms with Crippen molar-refractivity contribution < 1.29 is 29.0 Å². The normalized spacial score (nSPS) is 15.1. The molecule has 2 rings (SSSR count). The maximum Gasteiger partial charge on any atom is 0.407 e. The summed E-state index contributed by atoms with van der Waals surface area (Å²) in [5.74, 6) is 0.220. The molecule has 1 amide bonds. The van der Waals surface area contributed by atoms with Gasteiger partial charge in [0.25, 0.3) is 0 Å². The summed E-state index contributed by atoms with van der Waals surface area (Å²) in [6.07, 6.45) is 4.61. The van der Waals surface area contributed by atoms with Crippen molar-refractivity contribution in [2.24, 2.45) is 5.41 Å². The number of aliphatic carboxylic acids is 1. The maximum atomic E-state index is 11.9. The molecular weight excluding hydrogens is 438 g/mol. The van der Waals surface area contributed by atoms with Gasteiger partial charge in [0.2, 0.25) is 0 Å². The number of carboxylic acid groups (broad SMARTS) is 1. The minimum atomic E-state index is -0.823. The average Bonchev–Trinajstić information content (AvgIpc) is 2.75. The first-order valence-electron chi connectivity index (χ1n) is 10.6. The number of hydrogen-bond donors (Lipinski definition) is 2. The van der Waals surface area contributed by atoms with Crippen LogP contribution in [0.4, 0.5) is 4.79 Å². The van der Waals surface area contributed by atoms with Crippen LogP contribution in [0.15, 0.2) is 30.3 Å². The minimum absolute atomic E-state index is 0.0791. The number of nitrogens with one attached hydrogen (secondary N) is 1. The van der Waals surface area contributed by atoms with Crippen molar-refractivity contribution in [2.45, 2.75) is 44.9 Å². The molecule has 0 spiro atoms. The Kier molecular flexibility index (Phi) is 11.7. The van der Waals surface area contributed by atoms with Gasteiger partial charge >= 0.3 is 18.0 Å². The summed E-state index contributed by atoms with van der Waals surface area (Å²) in [5, 5.41) is 11.9. The van der Waals surface area contributed by atoms with Crippen LogP contribution in [0.2, 0.25) is 0 Å². The topological polar surface area (TPSA) is 102 Å². The summed E-state index contributed by atoms with van der Waals surface area (Å²) in [6.45, 7) is 0.952. The number of rotatable bonds is 13. The van der Waals surface area contributed by atoms with Crippen LogP contribution in [-0.4, -0.2) is 54.4 Å². The number of carbonyl (C=O) groups is 3. The summed E-state index contributed by atoms with van der Waals surface area (Å²) in [5.41, 5.74) is 0.577. The lowest BCUT2D eigenvalue weighted by molar-refractivity contribution is -0.142. The average molecular weight is 470 g/mol. The Morgan fingerprint density at radius 1 is 0.968 bits per heavy atom. The third-order valence-electron chi connectivity index (χ3n) is 5.15. The van der Waals surface area contributed by atoms with Crippen LogP contribution in [0.25, 0.3) is 0 Å². The molecule has 0 radical (unpaired) electrons. The van der Waals surface area contributed by atoms with Gasteiger partial charge in [-0.15, -0.1) is 0 Å². The molecule has 1 aromatic carbocycles. The Bertz CT molecular complexity index is 695. The lowest BCUT2D eigenvalue weighted by Crippen LogP contribution is -2.40. The molecule has 0 aromatic heterocycles.